The number of aliphatic hydroxyl groups is 1. The van der Waals surface area contributed by atoms with Gasteiger partial charge in [-0.2, -0.15) is 0 Å². The number of benzene rings is 2. The third-order valence-electron chi connectivity index (χ3n) is 2.89. The molecule has 2 rings (SSSR count). The van der Waals surface area contributed by atoms with Crippen molar-refractivity contribution in [2.75, 3.05) is 18.5 Å². The fourth-order valence-electron chi connectivity index (χ4n) is 1.80. The lowest BCUT2D eigenvalue weighted by Crippen LogP contribution is -2.26. The van der Waals surface area contributed by atoms with E-state index in [0.717, 1.165) is 10.2 Å². The SMILES string of the molecule is Cc1ccc(NCC(O)COc2cccc(Cl)c2)c(Br)c1. The average molecular weight is 371 g/mol. The van der Waals surface area contributed by atoms with Gasteiger partial charge in [-0.1, -0.05) is 23.7 Å². The van der Waals surface area contributed by atoms with Crippen LogP contribution in [0.2, 0.25) is 5.02 Å². The summed E-state index contributed by atoms with van der Waals surface area (Å²) in [7, 11) is 0. The van der Waals surface area contributed by atoms with Crippen LogP contribution >= 0.6 is 27.5 Å². The zero-order chi connectivity index (χ0) is 15.2. The first-order valence-electron chi connectivity index (χ1n) is 6.61. The Bertz CT molecular complexity index is 607. The smallest absolute Gasteiger partial charge is 0.120 e. The van der Waals surface area contributed by atoms with Crippen molar-refractivity contribution in [1.29, 1.82) is 0 Å². The van der Waals surface area contributed by atoms with Crippen molar-refractivity contribution in [3.63, 3.8) is 0 Å². The monoisotopic (exact) mass is 369 g/mol. The van der Waals surface area contributed by atoms with Crippen LogP contribution in [0.15, 0.2) is 46.9 Å². The first kappa shape index (κ1) is 16.1. The Kier molecular flexibility index (Phi) is 5.91. The minimum atomic E-state index is -0.614. The highest BCUT2D eigenvalue weighted by Crippen LogP contribution is 2.23. The summed E-state index contributed by atoms with van der Waals surface area (Å²) in [6.45, 7) is 2.64. The highest BCUT2D eigenvalue weighted by Gasteiger charge is 2.07. The number of aryl methyl sites for hydroxylation is 1. The van der Waals surface area contributed by atoms with Gasteiger partial charge in [0.1, 0.15) is 18.5 Å². The molecule has 0 aromatic heterocycles. The Morgan fingerprint density at radius 3 is 2.81 bits per heavy atom. The van der Waals surface area contributed by atoms with E-state index in [4.69, 9.17) is 16.3 Å². The quantitative estimate of drug-likeness (QED) is 0.798. The van der Waals surface area contributed by atoms with Gasteiger partial charge in [0.15, 0.2) is 0 Å². The van der Waals surface area contributed by atoms with Gasteiger partial charge in [-0.3, -0.25) is 0 Å². The van der Waals surface area contributed by atoms with Crippen molar-refractivity contribution >= 4 is 33.2 Å². The number of halogens is 2. The maximum absolute atomic E-state index is 9.95. The number of rotatable bonds is 6. The first-order valence-corrected chi connectivity index (χ1v) is 7.78. The van der Waals surface area contributed by atoms with Crippen molar-refractivity contribution in [1.82, 2.24) is 0 Å². The number of nitrogens with one attached hydrogen (secondary N) is 1. The van der Waals surface area contributed by atoms with Gasteiger partial charge in [-0.15, -0.1) is 0 Å². The van der Waals surface area contributed by atoms with E-state index in [1.807, 2.05) is 37.3 Å². The normalized spacial score (nSPS) is 12.0. The van der Waals surface area contributed by atoms with Crippen LogP contribution in [0, 0.1) is 6.92 Å². The van der Waals surface area contributed by atoms with Gasteiger partial charge in [0.05, 0.1) is 0 Å². The minimum Gasteiger partial charge on any atom is -0.491 e. The van der Waals surface area contributed by atoms with E-state index >= 15 is 0 Å². The Hall–Kier alpha value is -1.23. The molecule has 0 saturated carbocycles. The van der Waals surface area contributed by atoms with Crippen molar-refractivity contribution in [2.45, 2.75) is 13.0 Å². The molecule has 0 heterocycles. The highest BCUT2D eigenvalue weighted by molar-refractivity contribution is 9.10. The lowest BCUT2D eigenvalue weighted by Gasteiger charge is -2.15. The predicted octanol–water partition coefficient (Wildman–Crippen LogP) is 4.26. The molecule has 0 radical (unpaired) electrons. The van der Waals surface area contributed by atoms with Gasteiger partial charge < -0.3 is 15.2 Å². The Balaban J connectivity index is 1.80. The third-order valence-corrected chi connectivity index (χ3v) is 3.78. The summed E-state index contributed by atoms with van der Waals surface area (Å²) in [5.41, 5.74) is 2.12. The summed E-state index contributed by atoms with van der Waals surface area (Å²) in [4.78, 5) is 0. The summed E-state index contributed by atoms with van der Waals surface area (Å²) >= 11 is 9.36. The van der Waals surface area contributed by atoms with Crippen LogP contribution < -0.4 is 10.1 Å². The number of hydrogen-bond acceptors (Lipinski definition) is 3. The topological polar surface area (TPSA) is 41.5 Å². The predicted molar refractivity (Wildman–Crippen MR) is 90.3 cm³/mol. The molecule has 1 atom stereocenters. The molecule has 0 fully saturated rings. The van der Waals surface area contributed by atoms with Crippen LogP contribution in [0.3, 0.4) is 0 Å². The van der Waals surface area contributed by atoms with Gasteiger partial charge in [0.25, 0.3) is 0 Å². The zero-order valence-corrected chi connectivity index (χ0v) is 14.0. The summed E-state index contributed by atoms with van der Waals surface area (Å²) in [6, 6.07) is 13.1. The third kappa shape index (κ3) is 5.23. The van der Waals surface area contributed by atoms with E-state index in [0.29, 0.717) is 17.3 Å². The molecule has 2 aromatic rings. The van der Waals surface area contributed by atoms with Gasteiger partial charge in [0, 0.05) is 21.7 Å². The Morgan fingerprint density at radius 1 is 1.29 bits per heavy atom. The molecule has 5 heteroatoms. The fraction of sp³-hybridized carbons (Fsp3) is 0.250. The van der Waals surface area contributed by atoms with Gasteiger partial charge in [-0.25, -0.2) is 0 Å². The van der Waals surface area contributed by atoms with Crippen LogP contribution in [0.4, 0.5) is 5.69 Å². The summed E-state index contributed by atoms with van der Waals surface area (Å²) in [5, 5.41) is 13.7. The van der Waals surface area contributed by atoms with Gasteiger partial charge >= 0.3 is 0 Å². The van der Waals surface area contributed by atoms with Crippen LogP contribution in [0.1, 0.15) is 5.56 Å². The van der Waals surface area contributed by atoms with E-state index < -0.39 is 6.10 Å². The second-order valence-electron chi connectivity index (χ2n) is 4.79. The first-order chi connectivity index (χ1) is 10.0. The van der Waals surface area contributed by atoms with E-state index in [1.165, 1.54) is 5.56 Å². The van der Waals surface area contributed by atoms with Crippen LogP contribution in [0.25, 0.3) is 0 Å². The molecule has 3 nitrogen and oxygen atoms in total. The number of ether oxygens (including phenoxy) is 1. The molecule has 21 heavy (non-hydrogen) atoms. The average Bonchev–Trinajstić information content (AvgIpc) is 2.44. The molecule has 0 aliphatic heterocycles. The van der Waals surface area contributed by atoms with E-state index in [1.54, 1.807) is 12.1 Å². The molecule has 0 amide bonds. The maximum atomic E-state index is 9.95. The molecule has 112 valence electrons. The van der Waals surface area contributed by atoms with Crippen LogP contribution in [-0.4, -0.2) is 24.4 Å². The molecule has 0 saturated heterocycles. The van der Waals surface area contributed by atoms with Gasteiger partial charge in [-0.05, 0) is 58.7 Å². The van der Waals surface area contributed by atoms with Crippen molar-refractivity contribution < 1.29 is 9.84 Å². The van der Waals surface area contributed by atoms with E-state index in [-0.39, 0.29) is 6.61 Å². The standard InChI is InChI=1S/C16H17BrClNO2/c1-11-5-6-16(15(17)7-11)19-9-13(20)10-21-14-4-2-3-12(18)8-14/h2-8,13,19-20H,9-10H2,1H3. The minimum absolute atomic E-state index is 0.205. The molecule has 0 spiro atoms. The summed E-state index contributed by atoms with van der Waals surface area (Å²) < 4.78 is 6.48. The van der Waals surface area contributed by atoms with Crippen molar-refractivity contribution in [3.05, 3.63) is 57.5 Å². The van der Waals surface area contributed by atoms with Crippen LogP contribution in [0.5, 0.6) is 5.75 Å². The second kappa shape index (κ2) is 7.69. The van der Waals surface area contributed by atoms with E-state index in [9.17, 15) is 5.11 Å². The molecule has 2 aromatic carbocycles. The Labute approximate surface area is 138 Å². The molecule has 0 bridgehead atoms. The number of aliphatic hydroxyl groups excluding tert-OH is 1. The van der Waals surface area contributed by atoms with Crippen molar-refractivity contribution in [3.8, 4) is 5.75 Å². The number of hydrogen-bond donors (Lipinski definition) is 2. The highest BCUT2D eigenvalue weighted by atomic mass is 79.9. The zero-order valence-electron chi connectivity index (χ0n) is 11.6. The summed E-state index contributed by atoms with van der Waals surface area (Å²) in [6.07, 6.45) is -0.614. The molecular weight excluding hydrogens is 354 g/mol. The molecule has 0 aliphatic rings. The number of anilines is 1. The van der Waals surface area contributed by atoms with Crippen molar-refractivity contribution in [2.24, 2.45) is 0 Å². The van der Waals surface area contributed by atoms with E-state index in [2.05, 4.69) is 21.2 Å². The van der Waals surface area contributed by atoms with Gasteiger partial charge in [0.2, 0.25) is 0 Å². The molecule has 2 N–H and O–H groups in total. The second-order valence-corrected chi connectivity index (χ2v) is 6.08. The lowest BCUT2D eigenvalue weighted by molar-refractivity contribution is 0.117. The molecule has 0 aliphatic carbocycles. The largest absolute Gasteiger partial charge is 0.491 e. The summed E-state index contributed by atoms with van der Waals surface area (Å²) in [5.74, 6) is 0.651. The molecular formula is C16H17BrClNO2. The van der Waals surface area contributed by atoms with Crippen LogP contribution in [-0.2, 0) is 0 Å². The molecule has 1 unspecified atom stereocenters. The fourth-order valence-corrected chi connectivity index (χ4v) is 2.61. The maximum Gasteiger partial charge on any atom is 0.120 e. The lowest BCUT2D eigenvalue weighted by atomic mass is 10.2. The Morgan fingerprint density at radius 2 is 2.10 bits per heavy atom.